The lowest BCUT2D eigenvalue weighted by Crippen LogP contribution is -2.12. The van der Waals surface area contributed by atoms with E-state index in [2.05, 4.69) is 0 Å². The van der Waals surface area contributed by atoms with E-state index in [4.69, 9.17) is 31.3 Å². The molecule has 164 valence electrons. The predicted molar refractivity (Wildman–Crippen MR) is 124 cm³/mol. The zero-order chi connectivity index (χ0) is 22.9. The molecule has 9 heteroatoms. The highest BCUT2D eigenvalue weighted by atomic mass is 35.5. The number of methoxy groups -OCH3 is 2. The summed E-state index contributed by atoms with van der Waals surface area (Å²) in [7, 11) is -0.643. The fourth-order valence-electron chi connectivity index (χ4n) is 3.40. The normalized spacial score (nSPS) is 11.4. The molecule has 0 aliphatic carbocycles. The van der Waals surface area contributed by atoms with Crippen LogP contribution in [-0.2, 0) is 10.0 Å². The van der Waals surface area contributed by atoms with Crippen LogP contribution >= 0.6 is 11.6 Å². The fourth-order valence-corrected chi connectivity index (χ4v) is 4.04. The van der Waals surface area contributed by atoms with Gasteiger partial charge in [-0.2, -0.15) is 5.10 Å². The Morgan fingerprint density at radius 2 is 1.50 bits per heavy atom. The number of primary sulfonamides is 1. The molecule has 3 aromatic carbocycles. The maximum Gasteiger partial charge on any atom is 0.238 e. The summed E-state index contributed by atoms with van der Waals surface area (Å²) in [5.41, 5.74) is 3.61. The smallest absolute Gasteiger partial charge is 0.238 e. The fraction of sp³-hybridized carbons (Fsp3) is 0.0870. The highest BCUT2D eigenvalue weighted by Gasteiger charge is 2.21. The zero-order valence-electron chi connectivity index (χ0n) is 17.3. The number of hydrogen-bond donors (Lipinski definition) is 1. The van der Waals surface area contributed by atoms with Crippen molar-refractivity contribution in [1.82, 2.24) is 9.78 Å². The minimum atomic E-state index is -3.81. The number of halogens is 1. The van der Waals surface area contributed by atoms with Gasteiger partial charge in [-0.05, 0) is 54.6 Å². The van der Waals surface area contributed by atoms with Crippen molar-refractivity contribution in [2.45, 2.75) is 4.90 Å². The van der Waals surface area contributed by atoms with E-state index in [0.717, 1.165) is 5.56 Å². The van der Waals surface area contributed by atoms with Crippen molar-refractivity contribution in [2.24, 2.45) is 5.14 Å². The minimum absolute atomic E-state index is 0.0164. The number of nitrogens with zero attached hydrogens (tertiary/aromatic N) is 2. The van der Waals surface area contributed by atoms with Gasteiger partial charge >= 0.3 is 0 Å². The van der Waals surface area contributed by atoms with Gasteiger partial charge in [-0.25, -0.2) is 18.2 Å². The molecule has 4 rings (SSSR count). The van der Waals surface area contributed by atoms with E-state index >= 15 is 0 Å². The van der Waals surface area contributed by atoms with Crippen LogP contribution in [0.3, 0.4) is 0 Å². The number of benzene rings is 3. The van der Waals surface area contributed by atoms with Gasteiger partial charge in [0, 0.05) is 10.6 Å². The third-order valence-corrected chi connectivity index (χ3v) is 6.12. The van der Waals surface area contributed by atoms with Gasteiger partial charge in [0.25, 0.3) is 0 Å². The Bertz CT molecular complexity index is 1340. The van der Waals surface area contributed by atoms with Crippen LogP contribution in [0.25, 0.3) is 28.2 Å². The summed E-state index contributed by atoms with van der Waals surface area (Å²) in [6.07, 6.45) is 0. The van der Waals surface area contributed by atoms with Crippen LogP contribution in [0.1, 0.15) is 0 Å². The molecule has 0 aliphatic rings. The lowest BCUT2D eigenvalue weighted by molar-refractivity contribution is 0.397. The van der Waals surface area contributed by atoms with Crippen LogP contribution in [-0.4, -0.2) is 32.4 Å². The molecule has 0 aliphatic heterocycles. The molecule has 0 unspecified atom stereocenters. The molecule has 0 bridgehead atoms. The highest BCUT2D eigenvalue weighted by Crippen LogP contribution is 2.40. The molecule has 0 fully saturated rings. The Hall–Kier alpha value is -3.33. The van der Waals surface area contributed by atoms with Gasteiger partial charge in [0.1, 0.15) is 11.5 Å². The lowest BCUT2D eigenvalue weighted by atomic mass is 10.1. The van der Waals surface area contributed by atoms with E-state index in [1.165, 1.54) is 12.1 Å². The third-order valence-electron chi connectivity index (χ3n) is 4.94. The number of rotatable bonds is 6. The number of ether oxygens (including phenoxy) is 2. The molecule has 4 aromatic rings. The summed E-state index contributed by atoms with van der Waals surface area (Å²) >= 11 is 6.04. The molecule has 0 amide bonds. The van der Waals surface area contributed by atoms with Crippen LogP contribution in [0, 0.1) is 0 Å². The van der Waals surface area contributed by atoms with Gasteiger partial charge in [-0.3, -0.25) is 0 Å². The van der Waals surface area contributed by atoms with E-state index in [1.807, 2.05) is 36.4 Å². The van der Waals surface area contributed by atoms with Crippen molar-refractivity contribution < 1.29 is 17.9 Å². The summed E-state index contributed by atoms with van der Waals surface area (Å²) < 4.78 is 36.2. The van der Waals surface area contributed by atoms with Crippen LogP contribution in [0.2, 0.25) is 5.02 Å². The summed E-state index contributed by atoms with van der Waals surface area (Å²) in [6, 6.07) is 20.9. The predicted octanol–water partition coefficient (Wildman–Crippen LogP) is 4.52. The molecule has 0 saturated heterocycles. The van der Waals surface area contributed by atoms with E-state index in [1.54, 1.807) is 43.2 Å². The third kappa shape index (κ3) is 4.20. The second-order valence-corrected chi connectivity index (χ2v) is 8.91. The van der Waals surface area contributed by atoms with Crippen LogP contribution < -0.4 is 14.6 Å². The Morgan fingerprint density at radius 1 is 0.906 bits per heavy atom. The lowest BCUT2D eigenvalue weighted by Gasteiger charge is -2.14. The van der Waals surface area contributed by atoms with Gasteiger partial charge in [0.05, 0.1) is 41.8 Å². The average Bonchev–Trinajstić information content (AvgIpc) is 3.23. The Morgan fingerprint density at radius 3 is 2.03 bits per heavy atom. The molecule has 32 heavy (non-hydrogen) atoms. The zero-order valence-corrected chi connectivity index (χ0v) is 18.9. The van der Waals surface area contributed by atoms with Gasteiger partial charge < -0.3 is 9.47 Å². The quantitative estimate of drug-likeness (QED) is 0.447. The average molecular weight is 470 g/mol. The van der Waals surface area contributed by atoms with Gasteiger partial charge in [0.2, 0.25) is 10.0 Å². The molecule has 0 saturated carbocycles. The summed E-state index contributed by atoms with van der Waals surface area (Å²) in [5, 5.41) is 10.6. The van der Waals surface area contributed by atoms with Crippen molar-refractivity contribution >= 4 is 21.6 Å². The first-order valence-corrected chi connectivity index (χ1v) is 11.4. The SMILES string of the molecule is COc1cccc(OC)c1-c1cc(-c2ccc(Cl)cc2)nn1-c1ccc(S(N)(=O)=O)cc1. The monoisotopic (exact) mass is 469 g/mol. The van der Waals surface area contributed by atoms with Crippen molar-refractivity contribution in [2.75, 3.05) is 14.2 Å². The van der Waals surface area contributed by atoms with Gasteiger partial charge in [-0.1, -0.05) is 29.8 Å². The molecule has 0 radical (unpaired) electrons. The molecule has 7 nitrogen and oxygen atoms in total. The Labute approximate surface area is 191 Å². The molecule has 1 heterocycles. The molecule has 2 N–H and O–H groups in total. The van der Waals surface area contributed by atoms with Crippen LogP contribution in [0.5, 0.6) is 11.5 Å². The summed E-state index contributed by atoms with van der Waals surface area (Å²) in [5.74, 6) is 1.21. The van der Waals surface area contributed by atoms with Crippen LogP contribution in [0.4, 0.5) is 0 Å². The Kier molecular flexibility index (Phi) is 5.92. The number of nitrogens with two attached hydrogens (primary N) is 1. The highest BCUT2D eigenvalue weighted by molar-refractivity contribution is 7.89. The largest absolute Gasteiger partial charge is 0.496 e. The first-order chi connectivity index (χ1) is 15.3. The first-order valence-electron chi connectivity index (χ1n) is 9.52. The minimum Gasteiger partial charge on any atom is -0.496 e. The topological polar surface area (TPSA) is 96.4 Å². The number of aromatic nitrogens is 2. The van der Waals surface area contributed by atoms with E-state index in [9.17, 15) is 8.42 Å². The molecule has 1 aromatic heterocycles. The standard InChI is InChI=1S/C23H20ClN3O4S/c1-30-21-4-3-5-22(31-2)23(21)20-14-19(15-6-8-16(24)9-7-15)26-27(20)17-10-12-18(13-11-17)32(25,28)29/h3-14H,1-2H3,(H2,25,28,29). The molecule has 0 atom stereocenters. The van der Waals surface area contributed by atoms with Gasteiger partial charge in [0.15, 0.2) is 0 Å². The van der Waals surface area contributed by atoms with Crippen molar-refractivity contribution in [3.05, 3.63) is 77.8 Å². The second kappa shape index (κ2) is 8.66. The molecular formula is C23H20ClN3O4S. The number of hydrogen-bond acceptors (Lipinski definition) is 5. The summed E-state index contributed by atoms with van der Waals surface area (Å²) in [6.45, 7) is 0. The van der Waals surface area contributed by atoms with E-state index in [-0.39, 0.29) is 4.90 Å². The second-order valence-electron chi connectivity index (χ2n) is 6.91. The first kappa shape index (κ1) is 21.9. The maximum atomic E-state index is 11.7. The number of sulfonamides is 1. The summed E-state index contributed by atoms with van der Waals surface area (Å²) in [4.78, 5) is 0.0164. The van der Waals surface area contributed by atoms with Crippen molar-refractivity contribution in [3.8, 4) is 39.7 Å². The van der Waals surface area contributed by atoms with E-state index < -0.39 is 10.0 Å². The molecule has 0 spiro atoms. The van der Waals surface area contributed by atoms with Crippen molar-refractivity contribution in [1.29, 1.82) is 0 Å². The maximum absolute atomic E-state index is 11.7. The van der Waals surface area contributed by atoms with E-state index in [0.29, 0.717) is 39.2 Å². The van der Waals surface area contributed by atoms with Crippen molar-refractivity contribution in [3.63, 3.8) is 0 Å². The van der Waals surface area contributed by atoms with Gasteiger partial charge in [-0.15, -0.1) is 0 Å². The van der Waals surface area contributed by atoms with Crippen LogP contribution in [0.15, 0.2) is 77.7 Å². The Balaban J connectivity index is 1.96. The molecular weight excluding hydrogens is 450 g/mol.